The Bertz CT molecular complexity index is 662. The van der Waals surface area contributed by atoms with Gasteiger partial charge in [0.25, 0.3) is 0 Å². The number of nitrogens with zero attached hydrogens (tertiary/aromatic N) is 2. The van der Waals surface area contributed by atoms with E-state index in [0.717, 1.165) is 20.6 Å². The second-order valence-electron chi connectivity index (χ2n) is 4.82. The van der Waals surface area contributed by atoms with Gasteiger partial charge in [-0.3, -0.25) is 0 Å². The minimum absolute atomic E-state index is 0.291. The van der Waals surface area contributed by atoms with Gasteiger partial charge in [-0.15, -0.1) is 0 Å². The van der Waals surface area contributed by atoms with E-state index in [2.05, 4.69) is 46.7 Å². The maximum atomic E-state index is 6.33. The molecule has 0 bridgehead atoms. The maximum Gasteiger partial charge on any atom is 0.167 e. The molecule has 0 amide bonds. The second kappa shape index (κ2) is 6.79. The van der Waals surface area contributed by atoms with Crippen LogP contribution in [0.25, 0.3) is 11.4 Å². The van der Waals surface area contributed by atoms with Crippen molar-refractivity contribution in [2.24, 2.45) is 0 Å². The molecular weight excluding hydrogens is 401 g/mol. The van der Waals surface area contributed by atoms with Crippen LogP contribution in [-0.2, 0) is 0 Å². The fourth-order valence-electron chi connectivity index (χ4n) is 2.02. The highest BCUT2D eigenvalue weighted by Crippen LogP contribution is 2.36. The molecule has 0 atom stereocenters. The van der Waals surface area contributed by atoms with E-state index >= 15 is 0 Å². The van der Waals surface area contributed by atoms with Crippen molar-refractivity contribution in [1.29, 1.82) is 0 Å². The van der Waals surface area contributed by atoms with Gasteiger partial charge >= 0.3 is 0 Å². The summed E-state index contributed by atoms with van der Waals surface area (Å²) in [7, 11) is 3.46. The van der Waals surface area contributed by atoms with Crippen LogP contribution in [0, 0.1) is 3.57 Å². The van der Waals surface area contributed by atoms with Crippen molar-refractivity contribution < 1.29 is 4.74 Å². The molecule has 0 unspecified atom stereocenters. The van der Waals surface area contributed by atoms with Gasteiger partial charge < -0.3 is 10.1 Å². The molecule has 2 rings (SSSR count). The van der Waals surface area contributed by atoms with Gasteiger partial charge in [0.15, 0.2) is 5.82 Å². The number of benzene rings is 1. The summed E-state index contributed by atoms with van der Waals surface area (Å²) in [6.45, 7) is 4.22. The van der Waals surface area contributed by atoms with E-state index < -0.39 is 0 Å². The number of halogens is 2. The molecule has 112 valence electrons. The van der Waals surface area contributed by atoms with E-state index in [-0.39, 0.29) is 0 Å². The van der Waals surface area contributed by atoms with Crippen LogP contribution in [-0.4, -0.2) is 24.1 Å². The second-order valence-corrected chi connectivity index (χ2v) is 6.30. The summed E-state index contributed by atoms with van der Waals surface area (Å²) < 4.78 is 6.43. The van der Waals surface area contributed by atoms with Crippen LogP contribution in [0.15, 0.2) is 18.2 Å². The molecule has 0 fully saturated rings. The zero-order valence-electron chi connectivity index (χ0n) is 12.4. The summed E-state index contributed by atoms with van der Waals surface area (Å²) >= 11 is 8.59. The Morgan fingerprint density at radius 3 is 2.57 bits per heavy atom. The van der Waals surface area contributed by atoms with E-state index in [9.17, 15) is 0 Å². The lowest BCUT2D eigenvalue weighted by atomic mass is 10.1. The average Bonchev–Trinajstić information content (AvgIpc) is 2.47. The topological polar surface area (TPSA) is 47.0 Å². The number of hydrogen-bond donors (Lipinski definition) is 1. The predicted octanol–water partition coefficient (Wildman–Crippen LogP) is 4.58. The summed E-state index contributed by atoms with van der Waals surface area (Å²) in [4.78, 5) is 9.28. The quantitative estimate of drug-likeness (QED) is 0.740. The zero-order chi connectivity index (χ0) is 15.6. The molecule has 21 heavy (non-hydrogen) atoms. The number of anilines is 1. The van der Waals surface area contributed by atoms with E-state index in [1.165, 1.54) is 0 Å². The van der Waals surface area contributed by atoms with Crippen molar-refractivity contribution in [3.05, 3.63) is 32.5 Å². The summed E-state index contributed by atoms with van der Waals surface area (Å²) in [5.74, 6) is 2.33. The molecular formula is C15H17ClIN3O. The molecule has 6 heteroatoms. The van der Waals surface area contributed by atoms with Crippen molar-refractivity contribution in [3.63, 3.8) is 0 Å². The van der Waals surface area contributed by atoms with Gasteiger partial charge in [0.05, 0.1) is 27.0 Å². The minimum Gasteiger partial charge on any atom is -0.496 e. The Morgan fingerprint density at radius 2 is 2.00 bits per heavy atom. The lowest BCUT2D eigenvalue weighted by Crippen LogP contribution is -2.07. The molecule has 1 aromatic carbocycles. The first-order valence-corrected chi connectivity index (χ1v) is 8.03. The van der Waals surface area contributed by atoms with Gasteiger partial charge in [-0.25, -0.2) is 9.97 Å². The van der Waals surface area contributed by atoms with E-state index in [4.69, 9.17) is 21.3 Å². The number of aromatic nitrogens is 2. The number of hydrogen-bond acceptors (Lipinski definition) is 4. The molecule has 0 aliphatic heterocycles. The number of methoxy groups -OCH3 is 1. The molecule has 0 saturated heterocycles. The Labute approximate surface area is 143 Å². The van der Waals surface area contributed by atoms with Gasteiger partial charge in [0, 0.05) is 7.05 Å². The Kier molecular flexibility index (Phi) is 5.27. The summed E-state index contributed by atoms with van der Waals surface area (Å²) in [6.07, 6.45) is 0. The predicted molar refractivity (Wildman–Crippen MR) is 95.4 cm³/mol. The summed E-state index contributed by atoms with van der Waals surface area (Å²) in [5, 5.41) is 3.69. The summed E-state index contributed by atoms with van der Waals surface area (Å²) in [5.41, 5.74) is 1.71. The van der Waals surface area contributed by atoms with Crippen LogP contribution in [0.3, 0.4) is 0 Å². The van der Waals surface area contributed by atoms with Gasteiger partial charge in [0.1, 0.15) is 11.6 Å². The number of ether oxygens (including phenoxy) is 1. The number of rotatable bonds is 4. The fraction of sp³-hybridized carbons (Fsp3) is 0.333. The Balaban J connectivity index is 2.73. The van der Waals surface area contributed by atoms with Crippen LogP contribution in [0.1, 0.15) is 25.5 Å². The van der Waals surface area contributed by atoms with Gasteiger partial charge in [-0.2, -0.15) is 0 Å². The molecule has 0 aliphatic rings. The molecule has 1 aromatic heterocycles. The average molecular weight is 418 g/mol. The van der Waals surface area contributed by atoms with Crippen molar-refractivity contribution in [2.45, 2.75) is 19.8 Å². The van der Waals surface area contributed by atoms with Crippen molar-refractivity contribution in [2.75, 3.05) is 19.5 Å². The zero-order valence-corrected chi connectivity index (χ0v) is 15.3. The smallest absolute Gasteiger partial charge is 0.167 e. The number of nitrogens with one attached hydrogen (secondary N) is 1. The highest BCUT2D eigenvalue weighted by Gasteiger charge is 2.19. The minimum atomic E-state index is 0.291. The molecule has 2 aromatic rings. The highest BCUT2D eigenvalue weighted by atomic mass is 127. The van der Waals surface area contributed by atoms with E-state index in [1.807, 2.05) is 25.2 Å². The first-order valence-electron chi connectivity index (χ1n) is 6.57. The molecule has 0 spiro atoms. The first-order chi connectivity index (χ1) is 9.99. The van der Waals surface area contributed by atoms with Crippen LogP contribution in [0.2, 0.25) is 5.02 Å². The van der Waals surface area contributed by atoms with Crippen LogP contribution in [0.5, 0.6) is 5.75 Å². The largest absolute Gasteiger partial charge is 0.496 e. The van der Waals surface area contributed by atoms with Gasteiger partial charge in [-0.05, 0) is 40.6 Å². The molecule has 1 N–H and O–H groups in total. The lowest BCUT2D eigenvalue weighted by molar-refractivity contribution is 0.416. The molecule has 1 heterocycles. The molecule has 0 saturated carbocycles. The van der Waals surface area contributed by atoms with E-state index in [1.54, 1.807) is 7.11 Å². The third-order valence-electron chi connectivity index (χ3n) is 3.08. The fourth-order valence-corrected chi connectivity index (χ4v) is 3.40. The van der Waals surface area contributed by atoms with Crippen molar-refractivity contribution in [3.8, 4) is 17.1 Å². The van der Waals surface area contributed by atoms with Crippen LogP contribution >= 0.6 is 34.2 Å². The maximum absolute atomic E-state index is 6.33. The van der Waals surface area contributed by atoms with E-state index in [0.29, 0.717) is 22.5 Å². The highest BCUT2D eigenvalue weighted by molar-refractivity contribution is 14.1. The van der Waals surface area contributed by atoms with Crippen molar-refractivity contribution in [1.82, 2.24) is 9.97 Å². The molecule has 4 nitrogen and oxygen atoms in total. The SMILES string of the molecule is CNc1nc(-c2c(Cl)cccc2OC)nc(C(C)C)c1I. The standard InChI is InChI=1S/C15H17ClIN3O/c1-8(2)13-12(17)15(18-3)20-14(19-13)11-9(16)6-5-7-10(11)21-4/h5-8H,1-4H3,(H,18,19,20). The van der Waals surface area contributed by atoms with Crippen LogP contribution < -0.4 is 10.1 Å². The Hall–Kier alpha value is -1.08. The van der Waals surface area contributed by atoms with Crippen molar-refractivity contribution >= 4 is 40.0 Å². The monoisotopic (exact) mass is 417 g/mol. The normalized spacial score (nSPS) is 10.8. The molecule has 0 aliphatic carbocycles. The third-order valence-corrected chi connectivity index (χ3v) is 4.46. The van der Waals surface area contributed by atoms with Crippen LogP contribution in [0.4, 0.5) is 5.82 Å². The Morgan fingerprint density at radius 1 is 1.29 bits per heavy atom. The summed E-state index contributed by atoms with van der Waals surface area (Å²) in [6, 6.07) is 5.52. The third kappa shape index (κ3) is 3.23. The molecule has 0 radical (unpaired) electrons. The van der Waals surface area contributed by atoms with Gasteiger partial charge in [0.2, 0.25) is 0 Å². The first kappa shape index (κ1) is 16.3. The lowest BCUT2D eigenvalue weighted by Gasteiger charge is -2.15. The van der Waals surface area contributed by atoms with Gasteiger partial charge in [-0.1, -0.05) is 31.5 Å².